The predicted octanol–water partition coefficient (Wildman–Crippen LogP) is 1.85. The molecule has 0 radical (unpaired) electrons. The Morgan fingerprint density at radius 1 is 1.26 bits per heavy atom. The first-order chi connectivity index (χ1) is 11.0. The summed E-state index contributed by atoms with van der Waals surface area (Å²) in [6, 6.07) is 9.69. The summed E-state index contributed by atoms with van der Waals surface area (Å²) in [7, 11) is 0. The van der Waals surface area contributed by atoms with Crippen LogP contribution in [0.25, 0.3) is 0 Å². The van der Waals surface area contributed by atoms with Crippen molar-refractivity contribution in [3.63, 3.8) is 0 Å². The van der Waals surface area contributed by atoms with Crippen LogP contribution in [0.2, 0.25) is 0 Å². The Morgan fingerprint density at radius 3 is 2.65 bits per heavy atom. The molecule has 0 aliphatic heterocycles. The molecule has 2 N–H and O–H groups in total. The second-order valence-corrected chi connectivity index (χ2v) is 5.84. The summed E-state index contributed by atoms with van der Waals surface area (Å²) in [6.45, 7) is 4.17. The fourth-order valence-corrected chi connectivity index (χ4v) is 2.10. The van der Waals surface area contributed by atoms with Crippen molar-refractivity contribution in [3.8, 4) is 0 Å². The Bertz CT molecular complexity index is 611. The summed E-state index contributed by atoms with van der Waals surface area (Å²) in [6.07, 6.45) is 0.581. The highest BCUT2D eigenvalue weighted by molar-refractivity contribution is 5.76. The highest BCUT2D eigenvalue weighted by Crippen LogP contribution is 2.12. The molecule has 6 heteroatoms. The molecule has 0 fully saturated rings. The number of aromatic nitrogens is 2. The van der Waals surface area contributed by atoms with E-state index in [0.717, 1.165) is 5.56 Å². The van der Waals surface area contributed by atoms with Crippen LogP contribution in [0, 0.1) is 0 Å². The Morgan fingerprint density at radius 2 is 2.00 bits per heavy atom. The lowest BCUT2D eigenvalue weighted by molar-refractivity contribution is -0.121. The van der Waals surface area contributed by atoms with Gasteiger partial charge in [-0.3, -0.25) is 4.79 Å². The first-order valence-corrected chi connectivity index (χ1v) is 7.85. The molecule has 6 nitrogen and oxygen atoms in total. The van der Waals surface area contributed by atoms with Gasteiger partial charge in [0.25, 0.3) is 0 Å². The molecule has 0 aliphatic rings. The van der Waals surface area contributed by atoms with Crippen LogP contribution in [0.3, 0.4) is 0 Å². The average Bonchev–Trinajstić information content (AvgIpc) is 3.01. The van der Waals surface area contributed by atoms with E-state index in [2.05, 4.69) is 15.5 Å². The first kappa shape index (κ1) is 17.1. The van der Waals surface area contributed by atoms with E-state index in [4.69, 9.17) is 4.42 Å². The van der Waals surface area contributed by atoms with Crippen molar-refractivity contribution in [3.05, 3.63) is 47.7 Å². The summed E-state index contributed by atoms with van der Waals surface area (Å²) in [5.74, 6) is 1.09. The van der Waals surface area contributed by atoms with Gasteiger partial charge in [-0.15, -0.1) is 10.2 Å². The van der Waals surface area contributed by atoms with Gasteiger partial charge >= 0.3 is 0 Å². The molecule has 0 spiro atoms. The molecule has 1 aromatic heterocycles. The largest absolute Gasteiger partial charge is 0.425 e. The van der Waals surface area contributed by atoms with Crippen LogP contribution in [-0.4, -0.2) is 33.9 Å². The van der Waals surface area contributed by atoms with Crippen molar-refractivity contribution in [2.24, 2.45) is 0 Å². The summed E-state index contributed by atoms with van der Waals surface area (Å²) in [5.41, 5.74) is 1.04. The minimum atomic E-state index is -0.600. The van der Waals surface area contributed by atoms with E-state index < -0.39 is 6.10 Å². The standard InChI is InChI=1S/C17H23N3O3/c1-12(2)17-20-19-16(23-17)9-8-15(22)18-11-14(21)10-13-6-4-3-5-7-13/h3-7,12,14,21H,8-11H2,1-2H3,(H,18,22). The smallest absolute Gasteiger partial charge is 0.220 e. The number of carbonyl (C=O) groups excluding carboxylic acids is 1. The molecular formula is C17H23N3O3. The van der Waals surface area contributed by atoms with Gasteiger partial charge < -0.3 is 14.8 Å². The first-order valence-electron chi connectivity index (χ1n) is 7.85. The molecule has 0 saturated carbocycles. The van der Waals surface area contributed by atoms with Crippen molar-refractivity contribution in [1.29, 1.82) is 0 Å². The molecule has 0 aliphatic carbocycles. The molecule has 1 unspecified atom stereocenters. The third-order valence-corrected chi connectivity index (χ3v) is 3.39. The molecular weight excluding hydrogens is 294 g/mol. The van der Waals surface area contributed by atoms with E-state index in [9.17, 15) is 9.90 Å². The topological polar surface area (TPSA) is 88.2 Å². The molecule has 23 heavy (non-hydrogen) atoms. The zero-order valence-electron chi connectivity index (χ0n) is 13.5. The predicted molar refractivity (Wildman–Crippen MR) is 85.9 cm³/mol. The highest BCUT2D eigenvalue weighted by Gasteiger charge is 2.12. The number of nitrogens with zero attached hydrogens (tertiary/aromatic N) is 2. The second-order valence-electron chi connectivity index (χ2n) is 5.84. The second kappa shape index (κ2) is 8.43. The van der Waals surface area contributed by atoms with Gasteiger partial charge in [0, 0.05) is 31.7 Å². The number of rotatable bonds is 8. The van der Waals surface area contributed by atoms with E-state index in [0.29, 0.717) is 24.6 Å². The number of aliphatic hydroxyl groups excluding tert-OH is 1. The Hall–Kier alpha value is -2.21. The van der Waals surface area contributed by atoms with E-state index in [-0.39, 0.29) is 24.8 Å². The van der Waals surface area contributed by atoms with Gasteiger partial charge in [0.2, 0.25) is 17.7 Å². The number of aliphatic hydroxyl groups is 1. The molecule has 1 amide bonds. The van der Waals surface area contributed by atoms with Crippen molar-refractivity contribution < 1.29 is 14.3 Å². The van der Waals surface area contributed by atoms with Gasteiger partial charge in [-0.2, -0.15) is 0 Å². The summed E-state index contributed by atoms with van der Waals surface area (Å²) in [5, 5.41) is 20.5. The number of aryl methyl sites for hydroxylation is 1. The molecule has 1 heterocycles. The number of nitrogens with one attached hydrogen (secondary N) is 1. The molecule has 1 atom stereocenters. The average molecular weight is 317 g/mol. The number of carbonyl (C=O) groups is 1. The third kappa shape index (κ3) is 5.83. The third-order valence-electron chi connectivity index (χ3n) is 3.39. The zero-order chi connectivity index (χ0) is 16.7. The fourth-order valence-electron chi connectivity index (χ4n) is 2.10. The maximum atomic E-state index is 11.8. The molecule has 2 rings (SSSR count). The van der Waals surface area contributed by atoms with Crippen LogP contribution in [-0.2, 0) is 17.6 Å². The summed E-state index contributed by atoms with van der Waals surface area (Å²) < 4.78 is 5.45. The zero-order valence-corrected chi connectivity index (χ0v) is 13.5. The Balaban J connectivity index is 1.68. The van der Waals surface area contributed by atoms with Gasteiger partial charge in [0.1, 0.15) is 0 Å². The van der Waals surface area contributed by atoms with E-state index in [1.165, 1.54) is 0 Å². The number of benzene rings is 1. The molecule has 1 aromatic carbocycles. The molecule has 0 saturated heterocycles. The van der Waals surface area contributed by atoms with E-state index >= 15 is 0 Å². The van der Waals surface area contributed by atoms with Gasteiger partial charge in [0.05, 0.1) is 6.10 Å². The number of amides is 1. The Kier molecular flexibility index (Phi) is 6.29. The van der Waals surface area contributed by atoms with Crippen LogP contribution < -0.4 is 5.32 Å². The summed E-state index contributed by atoms with van der Waals surface area (Å²) >= 11 is 0. The maximum absolute atomic E-state index is 11.8. The van der Waals surface area contributed by atoms with Crippen molar-refractivity contribution in [2.45, 2.75) is 45.1 Å². The minimum Gasteiger partial charge on any atom is -0.425 e. The van der Waals surface area contributed by atoms with Crippen molar-refractivity contribution in [1.82, 2.24) is 15.5 Å². The van der Waals surface area contributed by atoms with Gasteiger partial charge in [-0.25, -0.2) is 0 Å². The van der Waals surface area contributed by atoms with Crippen LogP contribution in [0.1, 0.15) is 43.5 Å². The normalized spacial score (nSPS) is 12.3. The summed E-state index contributed by atoms with van der Waals surface area (Å²) in [4.78, 5) is 11.8. The van der Waals surface area contributed by atoms with Crippen LogP contribution in [0.5, 0.6) is 0 Å². The van der Waals surface area contributed by atoms with Crippen LogP contribution >= 0.6 is 0 Å². The van der Waals surface area contributed by atoms with Gasteiger partial charge in [0.15, 0.2) is 0 Å². The lowest BCUT2D eigenvalue weighted by atomic mass is 10.1. The lowest BCUT2D eigenvalue weighted by Gasteiger charge is -2.11. The SMILES string of the molecule is CC(C)c1nnc(CCC(=O)NCC(O)Cc2ccccc2)o1. The van der Waals surface area contributed by atoms with Crippen LogP contribution in [0.15, 0.2) is 34.7 Å². The number of hydrogen-bond acceptors (Lipinski definition) is 5. The van der Waals surface area contributed by atoms with E-state index in [1.54, 1.807) is 0 Å². The molecule has 124 valence electrons. The highest BCUT2D eigenvalue weighted by atomic mass is 16.4. The van der Waals surface area contributed by atoms with Gasteiger partial charge in [-0.05, 0) is 5.56 Å². The van der Waals surface area contributed by atoms with E-state index in [1.807, 2.05) is 44.2 Å². The minimum absolute atomic E-state index is 0.138. The Labute approximate surface area is 135 Å². The number of hydrogen-bond donors (Lipinski definition) is 2. The van der Waals surface area contributed by atoms with Gasteiger partial charge in [-0.1, -0.05) is 44.2 Å². The monoisotopic (exact) mass is 317 g/mol. The van der Waals surface area contributed by atoms with Crippen molar-refractivity contribution in [2.75, 3.05) is 6.54 Å². The van der Waals surface area contributed by atoms with Crippen molar-refractivity contribution >= 4 is 5.91 Å². The maximum Gasteiger partial charge on any atom is 0.220 e. The lowest BCUT2D eigenvalue weighted by Crippen LogP contribution is -2.33. The van der Waals surface area contributed by atoms with Crippen LogP contribution in [0.4, 0.5) is 0 Å². The molecule has 0 bridgehead atoms. The molecule has 2 aromatic rings. The fraction of sp³-hybridized carbons (Fsp3) is 0.471. The quantitative estimate of drug-likeness (QED) is 0.775.